The van der Waals surface area contributed by atoms with Gasteiger partial charge in [-0.3, -0.25) is 9.78 Å². The van der Waals surface area contributed by atoms with Gasteiger partial charge in [-0.15, -0.1) is 0 Å². The molecule has 1 saturated carbocycles. The van der Waals surface area contributed by atoms with Gasteiger partial charge < -0.3 is 15.3 Å². The summed E-state index contributed by atoms with van der Waals surface area (Å²) in [6.45, 7) is 3.15. The number of nitrogens with zero attached hydrogens (tertiary/aromatic N) is 2. The number of amides is 2. The first kappa shape index (κ1) is 14.3. The Morgan fingerprint density at radius 1 is 1.40 bits per heavy atom. The van der Waals surface area contributed by atoms with Crippen LogP contribution in [0, 0.1) is 5.41 Å². The van der Waals surface area contributed by atoms with Crippen molar-refractivity contribution in [2.75, 3.05) is 13.1 Å². The van der Waals surface area contributed by atoms with E-state index < -0.39 is 11.4 Å². The fourth-order valence-electron chi connectivity index (χ4n) is 2.01. The summed E-state index contributed by atoms with van der Waals surface area (Å²) in [7, 11) is 0. The molecule has 1 aliphatic rings. The SMILES string of the molecule is CCN(Cc1ccncc1)C(=O)NCC1(C(=O)O)CC1. The van der Waals surface area contributed by atoms with Crippen molar-refractivity contribution in [3.05, 3.63) is 30.1 Å². The lowest BCUT2D eigenvalue weighted by atomic mass is 10.1. The van der Waals surface area contributed by atoms with Gasteiger partial charge in [-0.2, -0.15) is 0 Å². The average Bonchev–Trinajstić information content (AvgIpc) is 3.24. The molecule has 108 valence electrons. The predicted molar refractivity (Wildman–Crippen MR) is 73.0 cm³/mol. The lowest BCUT2D eigenvalue weighted by molar-refractivity contribution is -0.143. The number of carboxylic acids is 1. The van der Waals surface area contributed by atoms with E-state index in [1.165, 1.54) is 0 Å². The van der Waals surface area contributed by atoms with Gasteiger partial charge in [0, 0.05) is 32.0 Å². The first-order chi connectivity index (χ1) is 9.57. The van der Waals surface area contributed by atoms with E-state index in [0.717, 1.165) is 5.56 Å². The van der Waals surface area contributed by atoms with Crippen molar-refractivity contribution in [3.8, 4) is 0 Å². The molecule has 0 bridgehead atoms. The van der Waals surface area contributed by atoms with Gasteiger partial charge in [-0.25, -0.2) is 4.79 Å². The van der Waals surface area contributed by atoms with Crippen LogP contribution in [0.3, 0.4) is 0 Å². The third-order valence-corrected chi connectivity index (χ3v) is 3.68. The van der Waals surface area contributed by atoms with Crippen molar-refractivity contribution in [3.63, 3.8) is 0 Å². The van der Waals surface area contributed by atoms with Gasteiger partial charge in [0.25, 0.3) is 0 Å². The van der Waals surface area contributed by atoms with Crippen LogP contribution in [-0.4, -0.2) is 40.1 Å². The van der Waals surface area contributed by atoms with Gasteiger partial charge in [-0.1, -0.05) is 0 Å². The molecule has 2 rings (SSSR count). The van der Waals surface area contributed by atoms with Crippen LogP contribution in [0.5, 0.6) is 0 Å². The van der Waals surface area contributed by atoms with Crippen molar-refractivity contribution < 1.29 is 14.7 Å². The molecule has 0 aliphatic heterocycles. The number of aromatic nitrogens is 1. The highest BCUT2D eigenvalue weighted by molar-refractivity contribution is 5.80. The number of carbonyl (C=O) groups is 2. The lowest BCUT2D eigenvalue weighted by Gasteiger charge is -2.22. The maximum Gasteiger partial charge on any atom is 0.317 e. The molecule has 1 fully saturated rings. The number of urea groups is 1. The Morgan fingerprint density at radius 3 is 2.55 bits per heavy atom. The normalized spacial score (nSPS) is 15.4. The minimum Gasteiger partial charge on any atom is -0.481 e. The molecule has 20 heavy (non-hydrogen) atoms. The van der Waals surface area contributed by atoms with Gasteiger partial charge in [0.2, 0.25) is 0 Å². The smallest absolute Gasteiger partial charge is 0.317 e. The highest BCUT2D eigenvalue weighted by Gasteiger charge is 2.50. The van der Waals surface area contributed by atoms with Crippen molar-refractivity contribution >= 4 is 12.0 Å². The van der Waals surface area contributed by atoms with Crippen molar-refractivity contribution in [1.29, 1.82) is 0 Å². The van der Waals surface area contributed by atoms with Crippen LogP contribution in [0.15, 0.2) is 24.5 Å². The second-order valence-electron chi connectivity index (χ2n) is 5.11. The highest BCUT2D eigenvalue weighted by atomic mass is 16.4. The Morgan fingerprint density at radius 2 is 2.05 bits per heavy atom. The van der Waals surface area contributed by atoms with Crippen LogP contribution in [0.2, 0.25) is 0 Å². The van der Waals surface area contributed by atoms with Crippen molar-refractivity contribution in [2.24, 2.45) is 5.41 Å². The number of carbonyl (C=O) groups excluding carboxylic acids is 1. The number of nitrogens with one attached hydrogen (secondary N) is 1. The van der Waals surface area contributed by atoms with Crippen LogP contribution in [-0.2, 0) is 11.3 Å². The van der Waals surface area contributed by atoms with E-state index in [1.807, 2.05) is 19.1 Å². The predicted octanol–water partition coefficient (Wildman–Crippen LogP) is 1.48. The first-order valence-corrected chi connectivity index (χ1v) is 6.72. The highest BCUT2D eigenvalue weighted by Crippen LogP contribution is 2.45. The van der Waals surface area contributed by atoms with Gasteiger partial charge in [-0.05, 0) is 37.5 Å². The molecular formula is C14H19N3O3. The van der Waals surface area contributed by atoms with Crippen LogP contribution in [0.4, 0.5) is 4.79 Å². The number of hydrogen-bond donors (Lipinski definition) is 2. The fraction of sp³-hybridized carbons (Fsp3) is 0.500. The number of hydrogen-bond acceptors (Lipinski definition) is 3. The molecule has 1 aromatic heterocycles. The van der Waals surface area contributed by atoms with E-state index >= 15 is 0 Å². The molecule has 1 heterocycles. The quantitative estimate of drug-likeness (QED) is 0.825. The largest absolute Gasteiger partial charge is 0.481 e. The van der Waals surface area contributed by atoms with Crippen molar-refractivity contribution in [2.45, 2.75) is 26.3 Å². The summed E-state index contributed by atoms with van der Waals surface area (Å²) in [5.74, 6) is -0.824. The van der Waals surface area contributed by atoms with E-state index in [-0.39, 0.29) is 12.6 Å². The number of aliphatic carboxylic acids is 1. The zero-order valence-corrected chi connectivity index (χ0v) is 11.5. The first-order valence-electron chi connectivity index (χ1n) is 6.72. The fourth-order valence-corrected chi connectivity index (χ4v) is 2.01. The lowest BCUT2D eigenvalue weighted by Crippen LogP contribution is -2.43. The Hall–Kier alpha value is -2.11. The van der Waals surface area contributed by atoms with Gasteiger partial charge in [0.05, 0.1) is 5.41 Å². The minimum absolute atomic E-state index is 0.202. The van der Waals surface area contributed by atoms with Gasteiger partial charge in [0.1, 0.15) is 0 Å². The van der Waals surface area contributed by atoms with E-state index in [0.29, 0.717) is 25.9 Å². The molecule has 0 unspecified atom stereocenters. The molecule has 0 atom stereocenters. The summed E-state index contributed by atoms with van der Waals surface area (Å²) >= 11 is 0. The zero-order valence-electron chi connectivity index (χ0n) is 11.5. The van der Waals surface area contributed by atoms with Crippen LogP contribution in [0.1, 0.15) is 25.3 Å². The Kier molecular flexibility index (Phi) is 4.22. The Bertz CT molecular complexity index is 486. The van der Waals surface area contributed by atoms with E-state index in [2.05, 4.69) is 10.3 Å². The molecule has 2 N–H and O–H groups in total. The number of carboxylic acid groups (broad SMARTS) is 1. The summed E-state index contributed by atoms with van der Waals surface area (Å²) < 4.78 is 0. The molecule has 6 heteroatoms. The molecule has 0 spiro atoms. The molecule has 1 aliphatic carbocycles. The van der Waals surface area contributed by atoms with E-state index in [1.54, 1.807) is 17.3 Å². The van der Waals surface area contributed by atoms with Crippen LogP contribution < -0.4 is 5.32 Å². The molecule has 1 aromatic rings. The average molecular weight is 277 g/mol. The molecule has 0 radical (unpaired) electrons. The second kappa shape index (κ2) is 5.90. The topological polar surface area (TPSA) is 82.5 Å². The number of pyridine rings is 1. The van der Waals surface area contributed by atoms with Gasteiger partial charge in [0.15, 0.2) is 0 Å². The van der Waals surface area contributed by atoms with E-state index in [9.17, 15) is 9.59 Å². The molecule has 2 amide bonds. The maximum atomic E-state index is 12.1. The Balaban J connectivity index is 1.88. The zero-order chi connectivity index (χ0) is 14.6. The summed E-state index contributed by atoms with van der Waals surface area (Å²) in [6.07, 6.45) is 4.65. The molecular weight excluding hydrogens is 258 g/mol. The summed E-state index contributed by atoms with van der Waals surface area (Å²) in [6, 6.07) is 3.49. The second-order valence-corrected chi connectivity index (χ2v) is 5.11. The maximum absolute atomic E-state index is 12.1. The monoisotopic (exact) mass is 277 g/mol. The molecule has 0 aromatic carbocycles. The number of rotatable bonds is 6. The van der Waals surface area contributed by atoms with Crippen LogP contribution in [0.25, 0.3) is 0 Å². The van der Waals surface area contributed by atoms with Gasteiger partial charge >= 0.3 is 12.0 Å². The Labute approximate surface area is 117 Å². The van der Waals surface area contributed by atoms with Crippen molar-refractivity contribution in [1.82, 2.24) is 15.2 Å². The summed E-state index contributed by atoms with van der Waals surface area (Å²) in [5, 5.41) is 11.8. The summed E-state index contributed by atoms with van der Waals surface area (Å²) in [5.41, 5.74) is 0.266. The minimum atomic E-state index is -0.824. The third-order valence-electron chi connectivity index (χ3n) is 3.68. The molecule has 6 nitrogen and oxygen atoms in total. The molecule has 0 saturated heterocycles. The van der Waals surface area contributed by atoms with E-state index in [4.69, 9.17) is 5.11 Å². The standard InChI is InChI=1S/C14H19N3O3/c1-2-17(9-11-3-7-15-8-4-11)13(20)16-10-14(5-6-14)12(18)19/h3-4,7-8H,2,5-6,9-10H2,1H3,(H,16,20)(H,18,19). The third kappa shape index (κ3) is 3.26. The summed E-state index contributed by atoms with van der Waals surface area (Å²) in [4.78, 5) is 28.7. The van der Waals surface area contributed by atoms with Crippen LogP contribution >= 0.6 is 0 Å².